The molecule has 1 saturated carbocycles. The fourth-order valence-electron chi connectivity index (χ4n) is 2.31. The molecule has 1 aromatic heterocycles. The molecule has 0 spiro atoms. The zero-order chi connectivity index (χ0) is 11.7. The van der Waals surface area contributed by atoms with Crippen molar-refractivity contribution in [1.29, 1.82) is 0 Å². The maximum Gasteiger partial charge on any atom is 0.148 e. The highest BCUT2D eigenvalue weighted by Crippen LogP contribution is 2.40. The van der Waals surface area contributed by atoms with Gasteiger partial charge in [0.1, 0.15) is 5.15 Å². The summed E-state index contributed by atoms with van der Waals surface area (Å²) in [6.07, 6.45) is 6.24. The second-order valence-electron chi connectivity index (χ2n) is 4.19. The van der Waals surface area contributed by atoms with Crippen LogP contribution >= 0.6 is 47.2 Å². The first kappa shape index (κ1) is 15.3. The lowest BCUT2D eigenvalue weighted by Crippen LogP contribution is -2.20. The van der Waals surface area contributed by atoms with Gasteiger partial charge in [-0.25, -0.2) is 4.98 Å². The van der Waals surface area contributed by atoms with E-state index in [4.69, 9.17) is 40.5 Å². The Morgan fingerprint density at radius 3 is 2.41 bits per heavy atom. The van der Waals surface area contributed by atoms with Gasteiger partial charge in [-0.15, -0.1) is 12.4 Å². The average molecular weight is 316 g/mol. The Morgan fingerprint density at radius 2 is 1.82 bits per heavy atom. The molecule has 0 aromatic carbocycles. The summed E-state index contributed by atoms with van der Waals surface area (Å²) in [5.41, 5.74) is 6.96. The van der Waals surface area contributed by atoms with Crippen molar-refractivity contribution in [3.63, 3.8) is 0 Å². The van der Waals surface area contributed by atoms with E-state index in [0.29, 0.717) is 16.0 Å². The lowest BCUT2D eigenvalue weighted by molar-refractivity contribution is 0.445. The number of halogens is 4. The molecule has 0 aliphatic heterocycles. The molecule has 1 aliphatic carbocycles. The van der Waals surface area contributed by atoms with E-state index in [2.05, 4.69) is 4.98 Å². The predicted octanol–water partition coefficient (Wildman–Crippen LogP) is 4.65. The Labute approximate surface area is 122 Å². The zero-order valence-electron chi connectivity index (χ0n) is 9.13. The topological polar surface area (TPSA) is 38.9 Å². The van der Waals surface area contributed by atoms with Crippen LogP contribution in [0.4, 0.5) is 0 Å². The number of hydrogen-bond donors (Lipinski definition) is 1. The zero-order valence-corrected chi connectivity index (χ0v) is 12.2. The van der Waals surface area contributed by atoms with Crippen molar-refractivity contribution in [2.75, 3.05) is 0 Å². The fourth-order valence-corrected chi connectivity index (χ4v) is 3.06. The summed E-state index contributed by atoms with van der Waals surface area (Å²) in [7, 11) is 0. The Balaban J connectivity index is 0.00000144. The predicted molar refractivity (Wildman–Crippen MR) is 75.4 cm³/mol. The number of nitrogens with zero attached hydrogens (tertiary/aromatic N) is 1. The lowest BCUT2D eigenvalue weighted by atomic mass is 9.93. The van der Waals surface area contributed by atoms with E-state index in [-0.39, 0.29) is 23.6 Å². The Hall–Kier alpha value is 0.270. The Morgan fingerprint density at radius 1 is 1.24 bits per heavy atom. The molecule has 1 heterocycles. The average Bonchev–Trinajstić information content (AvgIpc) is 2.77. The smallest absolute Gasteiger partial charge is 0.148 e. The van der Waals surface area contributed by atoms with Crippen LogP contribution in [0.15, 0.2) is 6.20 Å². The number of rotatable bonds is 2. The van der Waals surface area contributed by atoms with Gasteiger partial charge in [-0.05, 0) is 18.8 Å². The van der Waals surface area contributed by atoms with Crippen molar-refractivity contribution < 1.29 is 0 Å². The number of hydrogen-bond acceptors (Lipinski definition) is 2. The third-order valence-corrected chi connectivity index (χ3v) is 4.27. The molecule has 1 fully saturated rings. The quantitative estimate of drug-likeness (QED) is 0.806. The highest BCUT2D eigenvalue weighted by Gasteiger charge is 2.27. The first-order valence-electron chi connectivity index (χ1n) is 5.36. The third kappa shape index (κ3) is 3.18. The molecule has 96 valence electrons. The van der Waals surface area contributed by atoms with E-state index < -0.39 is 0 Å². The van der Waals surface area contributed by atoms with Gasteiger partial charge in [-0.1, -0.05) is 47.6 Å². The molecule has 2 rings (SSSR count). The van der Waals surface area contributed by atoms with Crippen molar-refractivity contribution in [1.82, 2.24) is 4.98 Å². The van der Waals surface area contributed by atoms with Gasteiger partial charge < -0.3 is 5.73 Å². The van der Waals surface area contributed by atoms with Gasteiger partial charge in [0.05, 0.1) is 10.0 Å². The van der Waals surface area contributed by atoms with Gasteiger partial charge in [-0.3, -0.25) is 0 Å². The van der Waals surface area contributed by atoms with Gasteiger partial charge in [-0.2, -0.15) is 0 Å². The summed E-state index contributed by atoms with van der Waals surface area (Å²) in [6.45, 7) is 0. The molecular formula is C11H14Cl4N2. The van der Waals surface area contributed by atoms with E-state index in [1.165, 1.54) is 19.0 Å². The normalized spacial score (nSPS) is 17.9. The molecule has 2 N–H and O–H groups in total. The SMILES string of the molecule is Cl.N[C@@H](c1c(Cl)cnc(Cl)c1Cl)C1CCCC1. The van der Waals surface area contributed by atoms with E-state index >= 15 is 0 Å². The minimum atomic E-state index is -0.136. The molecule has 0 unspecified atom stereocenters. The van der Waals surface area contributed by atoms with Crippen LogP contribution in [0.5, 0.6) is 0 Å². The van der Waals surface area contributed by atoms with Gasteiger partial charge >= 0.3 is 0 Å². The molecular weight excluding hydrogens is 302 g/mol. The van der Waals surface area contributed by atoms with E-state index in [1.807, 2.05) is 0 Å². The summed E-state index contributed by atoms with van der Waals surface area (Å²) in [5.74, 6) is 0.452. The first-order valence-corrected chi connectivity index (χ1v) is 6.49. The van der Waals surface area contributed by atoms with Crippen LogP contribution < -0.4 is 5.73 Å². The van der Waals surface area contributed by atoms with Crippen LogP contribution in [-0.4, -0.2) is 4.98 Å². The van der Waals surface area contributed by atoms with Crippen LogP contribution in [0, 0.1) is 5.92 Å². The highest BCUT2D eigenvalue weighted by molar-refractivity contribution is 6.43. The molecule has 0 saturated heterocycles. The summed E-state index contributed by atoms with van der Waals surface area (Å²) in [6, 6.07) is -0.136. The minimum Gasteiger partial charge on any atom is -0.324 e. The van der Waals surface area contributed by atoms with Gasteiger partial charge in [0.25, 0.3) is 0 Å². The van der Waals surface area contributed by atoms with Crippen LogP contribution in [0.2, 0.25) is 15.2 Å². The van der Waals surface area contributed by atoms with Crippen molar-refractivity contribution in [2.45, 2.75) is 31.7 Å². The van der Waals surface area contributed by atoms with Crippen molar-refractivity contribution in [3.8, 4) is 0 Å². The van der Waals surface area contributed by atoms with Crippen LogP contribution in [0.1, 0.15) is 37.3 Å². The van der Waals surface area contributed by atoms with Crippen molar-refractivity contribution in [2.24, 2.45) is 11.7 Å². The summed E-state index contributed by atoms with van der Waals surface area (Å²) in [5, 5.41) is 1.18. The summed E-state index contributed by atoms with van der Waals surface area (Å²) < 4.78 is 0. The molecule has 0 radical (unpaired) electrons. The van der Waals surface area contributed by atoms with Crippen LogP contribution in [0.25, 0.3) is 0 Å². The Kier molecular flexibility index (Phi) is 5.81. The maximum absolute atomic E-state index is 6.22. The molecule has 1 atom stereocenters. The van der Waals surface area contributed by atoms with Crippen molar-refractivity contribution in [3.05, 3.63) is 27.0 Å². The Bertz CT molecular complexity index is 391. The van der Waals surface area contributed by atoms with E-state index in [0.717, 1.165) is 18.4 Å². The van der Waals surface area contributed by atoms with Crippen LogP contribution in [0.3, 0.4) is 0 Å². The minimum absolute atomic E-state index is 0. The summed E-state index contributed by atoms with van der Waals surface area (Å²) in [4.78, 5) is 3.89. The molecule has 0 amide bonds. The third-order valence-electron chi connectivity index (χ3n) is 3.21. The van der Waals surface area contributed by atoms with Gasteiger partial charge in [0, 0.05) is 17.8 Å². The van der Waals surface area contributed by atoms with E-state index in [1.54, 1.807) is 0 Å². The van der Waals surface area contributed by atoms with Crippen LogP contribution in [-0.2, 0) is 0 Å². The first-order chi connectivity index (χ1) is 7.61. The number of pyridine rings is 1. The molecule has 17 heavy (non-hydrogen) atoms. The summed E-state index contributed by atoms with van der Waals surface area (Å²) >= 11 is 18.1. The fraction of sp³-hybridized carbons (Fsp3) is 0.545. The van der Waals surface area contributed by atoms with Gasteiger partial charge in [0.2, 0.25) is 0 Å². The lowest BCUT2D eigenvalue weighted by Gasteiger charge is -2.21. The second-order valence-corrected chi connectivity index (χ2v) is 5.34. The molecule has 2 nitrogen and oxygen atoms in total. The molecule has 0 bridgehead atoms. The van der Waals surface area contributed by atoms with Gasteiger partial charge in [0.15, 0.2) is 0 Å². The monoisotopic (exact) mass is 314 g/mol. The molecule has 6 heteroatoms. The molecule has 1 aliphatic rings. The largest absolute Gasteiger partial charge is 0.324 e. The molecule has 1 aromatic rings. The highest BCUT2D eigenvalue weighted by atomic mass is 35.5. The van der Waals surface area contributed by atoms with E-state index in [9.17, 15) is 0 Å². The van der Waals surface area contributed by atoms with Crippen molar-refractivity contribution >= 4 is 47.2 Å². The number of nitrogens with two attached hydrogens (primary N) is 1. The number of aromatic nitrogens is 1. The maximum atomic E-state index is 6.22. The second kappa shape index (κ2) is 6.44. The standard InChI is InChI=1S/C11H13Cl3N2.ClH/c12-7-5-16-11(14)9(13)8(7)10(15)6-3-1-2-4-6;/h5-6,10H,1-4,15H2;1H/t10-;/m1./s1.